The number of hydrogen-bond acceptors (Lipinski definition) is 3. The van der Waals surface area contributed by atoms with Gasteiger partial charge in [0.1, 0.15) is 0 Å². The third-order valence-electron chi connectivity index (χ3n) is 4.21. The summed E-state index contributed by atoms with van der Waals surface area (Å²) >= 11 is 9.05. The molecule has 0 atom stereocenters. The van der Waals surface area contributed by atoms with Gasteiger partial charge in [0.2, 0.25) is 0 Å². The fourth-order valence-corrected chi connectivity index (χ4v) is 4.89. The highest BCUT2D eigenvalue weighted by molar-refractivity contribution is 7.99. The molecule has 4 aromatic rings. The van der Waals surface area contributed by atoms with Crippen LogP contribution in [0.3, 0.4) is 0 Å². The van der Waals surface area contributed by atoms with E-state index in [0.717, 1.165) is 21.2 Å². The Hall–Kier alpha value is -2.73. The quantitative estimate of drug-likeness (QED) is 0.296. The van der Waals surface area contributed by atoms with E-state index in [4.69, 9.17) is 12.2 Å². The fourth-order valence-electron chi connectivity index (χ4n) is 2.82. The molecule has 0 spiro atoms. The Morgan fingerprint density at radius 3 is 1.30 bits per heavy atom. The molecule has 0 aromatic heterocycles. The second-order valence-corrected chi connectivity index (χ2v) is 9.04. The molecule has 5 heteroatoms. The van der Waals surface area contributed by atoms with E-state index in [-0.39, 0.29) is 0 Å². The molecule has 2 nitrogen and oxygen atoms in total. The highest BCUT2D eigenvalue weighted by atomic mass is 32.2. The second kappa shape index (κ2) is 10.3. The van der Waals surface area contributed by atoms with E-state index in [0.29, 0.717) is 5.11 Å². The van der Waals surface area contributed by atoms with Crippen molar-refractivity contribution < 1.29 is 0 Å². The molecule has 0 heterocycles. The summed E-state index contributed by atoms with van der Waals surface area (Å²) < 4.78 is 0. The van der Waals surface area contributed by atoms with E-state index < -0.39 is 0 Å². The van der Waals surface area contributed by atoms with Gasteiger partial charge >= 0.3 is 0 Å². The predicted octanol–water partition coefficient (Wildman–Crippen LogP) is 7.80. The molecule has 0 aliphatic carbocycles. The summed E-state index contributed by atoms with van der Waals surface area (Å²) in [6.45, 7) is 0. The van der Waals surface area contributed by atoms with E-state index in [1.54, 1.807) is 23.5 Å². The Balaban J connectivity index is 1.47. The summed E-state index contributed by atoms with van der Waals surface area (Å²) in [5.74, 6) is 0. The normalized spacial score (nSPS) is 10.4. The van der Waals surface area contributed by atoms with Crippen molar-refractivity contribution >= 4 is 52.2 Å². The van der Waals surface area contributed by atoms with Gasteiger partial charge in [0.25, 0.3) is 0 Å². The first-order valence-electron chi connectivity index (χ1n) is 9.50. The number of rotatable bonds is 6. The van der Waals surface area contributed by atoms with Crippen LogP contribution < -0.4 is 10.6 Å². The maximum absolute atomic E-state index is 5.63. The third-order valence-corrected chi connectivity index (χ3v) is 6.58. The molecule has 0 fully saturated rings. The maximum atomic E-state index is 5.63. The minimum atomic E-state index is 0.567. The lowest BCUT2D eigenvalue weighted by Gasteiger charge is -2.16. The van der Waals surface area contributed by atoms with Crippen molar-refractivity contribution in [3.63, 3.8) is 0 Å². The number of anilines is 2. The van der Waals surface area contributed by atoms with Gasteiger partial charge in [-0.1, -0.05) is 84.2 Å². The number of benzene rings is 4. The van der Waals surface area contributed by atoms with Crippen LogP contribution in [0.2, 0.25) is 0 Å². The molecule has 0 saturated carbocycles. The van der Waals surface area contributed by atoms with Gasteiger partial charge in [0, 0.05) is 19.6 Å². The molecule has 30 heavy (non-hydrogen) atoms. The van der Waals surface area contributed by atoms with Crippen molar-refractivity contribution in [2.75, 3.05) is 10.6 Å². The van der Waals surface area contributed by atoms with E-state index in [1.165, 1.54) is 9.79 Å². The summed E-state index contributed by atoms with van der Waals surface area (Å²) in [5.41, 5.74) is 1.97. The molecule has 0 amide bonds. The van der Waals surface area contributed by atoms with Gasteiger partial charge in [-0.05, 0) is 60.7 Å². The molecule has 0 bridgehead atoms. The van der Waals surface area contributed by atoms with Crippen molar-refractivity contribution in [2.45, 2.75) is 19.6 Å². The first kappa shape index (κ1) is 20.5. The lowest BCUT2D eigenvalue weighted by atomic mass is 10.3. The third kappa shape index (κ3) is 5.66. The van der Waals surface area contributed by atoms with Gasteiger partial charge in [0.05, 0.1) is 11.4 Å². The van der Waals surface area contributed by atoms with Crippen LogP contribution in [0.1, 0.15) is 0 Å². The van der Waals surface area contributed by atoms with E-state index in [1.807, 2.05) is 72.8 Å². The van der Waals surface area contributed by atoms with Crippen LogP contribution in [-0.4, -0.2) is 5.11 Å². The average molecular weight is 445 g/mol. The van der Waals surface area contributed by atoms with Crippen molar-refractivity contribution in [1.29, 1.82) is 0 Å². The van der Waals surface area contributed by atoms with Crippen molar-refractivity contribution in [3.05, 3.63) is 109 Å². The first-order chi connectivity index (χ1) is 14.8. The lowest BCUT2D eigenvalue weighted by molar-refractivity contribution is 1.38. The van der Waals surface area contributed by atoms with Crippen molar-refractivity contribution in [1.82, 2.24) is 0 Å². The van der Waals surface area contributed by atoms with Crippen LogP contribution in [0.5, 0.6) is 0 Å². The number of thiocarbonyl (C=S) groups is 1. The SMILES string of the molecule is S=C(Nc1ccccc1Sc1ccccc1)Nc1ccccc1Sc1ccccc1. The Morgan fingerprint density at radius 2 is 0.867 bits per heavy atom. The molecule has 4 rings (SSSR count). The zero-order chi connectivity index (χ0) is 20.6. The standard InChI is InChI=1S/C25H20N2S3/c28-25(26-21-15-7-9-17-23(21)29-19-11-3-1-4-12-19)27-22-16-8-10-18-24(22)30-20-13-5-2-6-14-20/h1-18H,(H2,26,27,28). The number of para-hydroxylation sites is 2. The maximum Gasteiger partial charge on any atom is 0.175 e. The second-order valence-electron chi connectivity index (χ2n) is 6.40. The highest BCUT2D eigenvalue weighted by Crippen LogP contribution is 2.35. The van der Waals surface area contributed by atoms with Crippen LogP contribution in [0.4, 0.5) is 11.4 Å². The molecule has 0 radical (unpaired) electrons. The van der Waals surface area contributed by atoms with Crippen LogP contribution in [0, 0.1) is 0 Å². The minimum Gasteiger partial charge on any atom is -0.332 e. The zero-order valence-electron chi connectivity index (χ0n) is 16.1. The van der Waals surface area contributed by atoms with Crippen molar-refractivity contribution in [3.8, 4) is 0 Å². The number of hydrogen-bond donors (Lipinski definition) is 2. The number of nitrogens with one attached hydrogen (secondary N) is 2. The van der Waals surface area contributed by atoms with Crippen LogP contribution in [0.25, 0.3) is 0 Å². The van der Waals surface area contributed by atoms with Crippen LogP contribution in [-0.2, 0) is 0 Å². The molecular formula is C25H20N2S3. The Bertz CT molecular complexity index is 1030. The van der Waals surface area contributed by atoms with Gasteiger partial charge in [-0.15, -0.1) is 0 Å². The highest BCUT2D eigenvalue weighted by Gasteiger charge is 2.09. The van der Waals surface area contributed by atoms with Crippen molar-refractivity contribution in [2.24, 2.45) is 0 Å². The Morgan fingerprint density at radius 1 is 0.500 bits per heavy atom. The molecule has 4 aromatic carbocycles. The summed E-state index contributed by atoms with van der Waals surface area (Å²) in [6.07, 6.45) is 0. The minimum absolute atomic E-state index is 0.567. The monoisotopic (exact) mass is 444 g/mol. The van der Waals surface area contributed by atoms with E-state index >= 15 is 0 Å². The summed E-state index contributed by atoms with van der Waals surface area (Å²) in [6, 6.07) is 37.1. The van der Waals surface area contributed by atoms with Crippen LogP contribution in [0.15, 0.2) is 129 Å². The van der Waals surface area contributed by atoms with Gasteiger partial charge in [-0.3, -0.25) is 0 Å². The molecule has 0 unspecified atom stereocenters. The molecule has 0 saturated heterocycles. The predicted molar refractivity (Wildman–Crippen MR) is 134 cm³/mol. The summed E-state index contributed by atoms with van der Waals surface area (Å²) in [5, 5.41) is 7.29. The molecule has 148 valence electrons. The largest absolute Gasteiger partial charge is 0.332 e. The first-order valence-corrected chi connectivity index (χ1v) is 11.5. The Labute approximate surface area is 191 Å². The van der Waals surface area contributed by atoms with E-state index in [2.05, 4.69) is 47.0 Å². The van der Waals surface area contributed by atoms with Gasteiger partial charge < -0.3 is 10.6 Å². The Kier molecular flexibility index (Phi) is 7.08. The smallest absolute Gasteiger partial charge is 0.175 e. The average Bonchev–Trinajstić information content (AvgIpc) is 2.78. The summed E-state index contributed by atoms with van der Waals surface area (Å²) in [4.78, 5) is 4.63. The molecular weight excluding hydrogens is 424 g/mol. The van der Waals surface area contributed by atoms with Gasteiger partial charge in [0.15, 0.2) is 5.11 Å². The van der Waals surface area contributed by atoms with E-state index in [9.17, 15) is 0 Å². The molecule has 0 aliphatic heterocycles. The van der Waals surface area contributed by atoms with Gasteiger partial charge in [-0.2, -0.15) is 0 Å². The van der Waals surface area contributed by atoms with Gasteiger partial charge in [-0.25, -0.2) is 0 Å². The topological polar surface area (TPSA) is 24.1 Å². The van der Waals surface area contributed by atoms with Crippen LogP contribution >= 0.6 is 35.7 Å². The zero-order valence-corrected chi connectivity index (χ0v) is 18.6. The fraction of sp³-hybridized carbons (Fsp3) is 0. The lowest BCUT2D eigenvalue weighted by Crippen LogP contribution is -2.19. The molecule has 0 aliphatic rings. The molecule has 2 N–H and O–H groups in total. The summed E-state index contributed by atoms with van der Waals surface area (Å²) in [7, 11) is 0.